The average molecular weight is 1210 g/mol. The third kappa shape index (κ3) is 71.2. The molecule has 0 fully saturated rings. The number of ether oxygens (including phenoxy) is 1. The van der Waals surface area contributed by atoms with Crippen molar-refractivity contribution in [3.05, 3.63) is 36.5 Å². The van der Waals surface area contributed by atoms with Gasteiger partial charge in [0, 0.05) is 12.8 Å². The van der Waals surface area contributed by atoms with E-state index in [4.69, 9.17) is 4.74 Å². The van der Waals surface area contributed by atoms with Gasteiger partial charge >= 0.3 is 5.97 Å². The molecule has 0 aliphatic carbocycles. The minimum atomic E-state index is -0.845. The molecule has 1 amide bonds. The van der Waals surface area contributed by atoms with Gasteiger partial charge in [-0.25, -0.2) is 0 Å². The fourth-order valence-electron chi connectivity index (χ4n) is 12.4. The molecule has 86 heavy (non-hydrogen) atoms. The van der Waals surface area contributed by atoms with Crippen molar-refractivity contribution in [1.29, 1.82) is 0 Å². The molecule has 0 radical (unpaired) electrons. The Labute approximate surface area is 538 Å². The first-order valence-corrected chi connectivity index (χ1v) is 39.3. The molecular weight excluding hydrogens is 1050 g/mol. The Morgan fingerprint density at radius 1 is 0.314 bits per heavy atom. The number of hydrogen-bond acceptors (Lipinski definition) is 5. The molecule has 0 aliphatic heterocycles. The lowest BCUT2D eigenvalue weighted by Crippen LogP contribution is -2.45. The van der Waals surface area contributed by atoms with E-state index in [1.165, 1.54) is 366 Å². The van der Waals surface area contributed by atoms with E-state index in [1.54, 1.807) is 6.08 Å². The van der Waals surface area contributed by atoms with Gasteiger partial charge in [-0.2, -0.15) is 0 Å². The summed E-state index contributed by atoms with van der Waals surface area (Å²) in [6.45, 7) is 4.94. The lowest BCUT2D eigenvalue weighted by Gasteiger charge is -2.20. The van der Waals surface area contributed by atoms with Crippen LogP contribution >= 0.6 is 0 Å². The maximum atomic E-state index is 12.6. The molecule has 0 spiro atoms. The lowest BCUT2D eigenvalue weighted by molar-refractivity contribution is -0.143. The zero-order valence-electron chi connectivity index (χ0n) is 58.3. The molecule has 6 nitrogen and oxygen atoms in total. The second-order valence-corrected chi connectivity index (χ2v) is 27.0. The second kappa shape index (κ2) is 75.5. The zero-order valence-corrected chi connectivity index (χ0v) is 58.3. The summed E-state index contributed by atoms with van der Waals surface area (Å²) in [6.07, 6.45) is 98.3. The van der Waals surface area contributed by atoms with Gasteiger partial charge in [0.15, 0.2) is 0 Å². The third-order valence-corrected chi connectivity index (χ3v) is 18.4. The van der Waals surface area contributed by atoms with E-state index >= 15 is 0 Å². The number of carbonyl (C=O) groups is 2. The van der Waals surface area contributed by atoms with Gasteiger partial charge in [0.25, 0.3) is 0 Å². The van der Waals surface area contributed by atoms with Gasteiger partial charge in [-0.1, -0.05) is 378 Å². The molecule has 3 N–H and O–H groups in total. The normalized spacial score (nSPS) is 12.7. The number of nitrogens with one attached hydrogen (secondary N) is 1. The average Bonchev–Trinajstić information content (AvgIpc) is 3.54. The van der Waals surface area contributed by atoms with Crippen LogP contribution in [0.15, 0.2) is 36.5 Å². The monoisotopic (exact) mass is 1210 g/mol. The minimum Gasteiger partial charge on any atom is -0.466 e. The Morgan fingerprint density at radius 2 is 0.547 bits per heavy atom. The molecule has 508 valence electrons. The first kappa shape index (κ1) is 84.1. The van der Waals surface area contributed by atoms with Crippen molar-refractivity contribution in [2.24, 2.45) is 0 Å². The van der Waals surface area contributed by atoms with E-state index in [1.807, 2.05) is 6.08 Å². The molecule has 0 bridgehead atoms. The predicted octanol–water partition coefficient (Wildman–Crippen LogP) is 25.8. The Morgan fingerprint density at radius 3 is 0.826 bits per heavy atom. The fraction of sp³-hybridized carbons (Fsp3) is 0.900. The Hall–Kier alpha value is -1.92. The molecule has 2 unspecified atom stereocenters. The van der Waals surface area contributed by atoms with Gasteiger partial charge in [0.05, 0.1) is 25.4 Å². The third-order valence-electron chi connectivity index (χ3n) is 18.4. The van der Waals surface area contributed by atoms with Gasteiger partial charge in [0.1, 0.15) is 0 Å². The number of allylic oxidation sites excluding steroid dienone is 5. The van der Waals surface area contributed by atoms with Crippen LogP contribution in [0.2, 0.25) is 0 Å². The number of esters is 1. The van der Waals surface area contributed by atoms with E-state index in [2.05, 4.69) is 43.5 Å². The zero-order chi connectivity index (χ0) is 62.0. The van der Waals surface area contributed by atoms with Crippen molar-refractivity contribution < 1.29 is 24.5 Å². The Bertz CT molecular complexity index is 1390. The van der Waals surface area contributed by atoms with Crippen LogP contribution in [0.4, 0.5) is 0 Å². The van der Waals surface area contributed by atoms with Crippen LogP contribution in [0.5, 0.6) is 0 Å². The first-order chi connectivity index (χ1) is 42.5. The van der Waals surface area contributed by atoms with Crippen LogP contribution < -0.4 is 5.32 Å². The van der Waals surface area contributed by atoms with Gasteiger partial charge in [-0.05, 0) is 83.5 Å². The van der Waals surface area contributed by atoms with E-state index in [0.717, 1.165) is 44.9 Å². The van der Waals surface area contributed by atoms with E-state index in [9.17, 15) is 19.8 Å². The van der Waals surface area contributed by atoms with Crippen LogP contribution in [-0.2, 0) is 14.3 Å². The fourth-order valence-corrected chi connectivity index (χ4v) is 12.4. The van der Waals surface area contributed by atoms with Crippen LogP contribution in [0, 0.1) is 0 Å². The van der Waals surface area contributed by atoms with Crippen molar-refractivity contribution in [1.82, 2.24) is 5.32 Å². The summed E-state index contributed by atoms with van der Waals surface area (Å²) in [5.41, 5.74) is 0. The van der Waals surface area contributed by atoms with Crippen LogP contribution in [0.1, 0.15) is 438 Å². The summed E-state index contributed by atoms with van der Waals surface area (Å²) in [6, 6.07) is -0.628. The molecule has 6 heteroatoms. The molecule has 0 aliphatic rings. The van der Waals surface area contributed by atoms with Crippen molar-refractivity contribution >= 4 is 11.9 Å². The van der Waals surface area contributed by atoms with Crippen LogP contribution in [-0.4, -0.2) is 47.4 Å². The summed E-state index contributed by atoms with van der Waals surface area (Å²) in [7, 11) is 0. The smallest absolute Gasteiger partial charge is 0.305 e. The van der Waals surface area contributed by atoms with E-state index in [-0.39, 0.29) is 18.5 Å². The SMILES string of the molecule is CCCCCCC/C=C\CCCCCCCC(=O)OCCCCCCCCCCCCCC/C=C\CCCCCCCCCCCCCCCCCC(=O)NC(CO)C(O)/C=C/CCCCCCCCCCCCCCCCCCCCCCCC. The Balaban J connectivity index is 3.39. The summed E-state index contributed by atoms with van der Waals surface area (Å²) >= 11 is 0. The van der Waals surface area contributed by atoms with Gasteiger partial charge in [-0.15, -0.1) is 0 Å². The molecule has 0 saturated heterocycles. The highest BCUT2D eigenvalue weighted by atomic mass is 16.5. The number of rotatable bonds is 74. The van der Waals surface area contributed by atoms with Crippen molar-refractivity contribution in [3.8, 4) is 0 Å². The topological polar surface area (TPSA) is 95.9 Å². The number of hydrogen-bond donors (Lipinski definition) is 3. The van der Waals surface area contributed by atoms with Gasteiger partial charge in [0.2, 0.25) is 5.91 Å². The maximum Gasteiger partial charge on any atom is 0.305 e. The highest BCUT2D eigenvalue weighted by Crippen LogP contribution is 2.19. The number of amides is 1. The number of aliphatic hydroxyl groups is 2. The standard InChI is InChI=1S/C80H153NO5/c1-3-5-7-9-11-13-15-17-19-20-21-22-23-33-36-39-42-45-48-52-56-60-64-68-72-78(83)77(76-82)81-79(84)73-69-65-61-57-53-49-46-43-40-37-34-31-29-27-25-24-26-28-30-32-35-38-41-44-47-51-55-59-63-67-71-75-86-80(85)74-70-66-62-58-54-50-18-16-14-12-10-8-6-4-2/h16,18,26,28,68,72,77-78,82-83H,3-15,17,19-25,27,29-67,69-71,73-76H2,1-2H3,(H,81,84)/b18-16-,28-26-,72-68+. The molecule has 0 heterocycles. The second-order valence-electron chi connectivity index (χ2n) is 27.0. The van der Waals surface area contributed by atoms with Crippen LogP contribution in [0.3, 0.4) is 0 Å². The first-order valence-electron chi connectivity index (χ1n) is 39.3. The number of unbranched alkanes of at least 4 members (excludes halogenated alkanes) is 59. The lowest BCUT2D eigenvalue weighted by atomic mass is 10.0. The molecule has 0 aromatic rings. The predicted molar refractivity (Wildman–Crippen MR) is 379 cm³/mol. The summed E-state index contributed by atoms with van der Waals surface area (Å²) in [4.78, 5) is 24.6. The van der Waals surface area contributed by atoms with Crippen molar-refractivity contribution in [2.75, 3.05) is 13.2 Å². The minimum absolute atomic E-state index is 0.00950. The molecule has 0 aromatic carbocycles. The molecule has 2 atom stereocenters. The summed E-state index contributed by atoms with van der Waals surface area (Å²) in [5, 5.41) is 23.3. The van der Waals surface area contributed by atoms with Gasteiger partial charge in [-0.3, -0.25) is 9.59 Å². The molecular formula is C80H153NO5. The van der Waals surface area contributed by atoms with Crippen molar-refractivity contribution in [3.63, 3.8) is 0 Å². The van der Waals surface area contributed by atoms with Crippen LogP contribution in [0.25, 0.3) is 0 Å². The largest absolute Gasteiger partial charge is 0.466 e. The van der Waals surface area contributed by atoms with E-state index < -0.39 is 12.1 Å². The Kier molecular flexibility index (Phi) is 73.9. The van der Waals surface area contributed by atoms with Gasteiger partial charge < -0.3 is 20.3 Å². The molecule has 0 aromatic heterocycles. The highest BCUT2D eigenvalue weighted by Gasteiger charge is 2.18. The maximum absolute atomic E-state index is 12.6. The number of carbonyl (C=O) groups excluding carboxylic acids is 2. The highest BCUT2D eigenvalue weighted by molar-refractivity contribution is 5.76. The molecule has 0 rings (SSSR count). The summed E-state index contributed by atoms with van der Waals surface area (Å²) in [5.74, 6) is -0.0516. The summed E-state index contributed by atoms with van der Waals surface area (Å²) < 4.78 is 5.49. The van der Waals surface area contributed by atoms with Crippen molar-refractivity contribution in [2.45, 2.75) is 450 Å². The molecule has 0 saturated carbocycles. The van der Waals surface area contributed by atoms with E-state index in [0.29, 0.717) is 19.4 Å². The quantitative estimate of drug-likeness (QED) is 0.0320. The number of aliphatic hydroxyl groups excluding tert-OH is 2.